The molecule has 0 radical (unpaired) electrons. The lowest BCUT2D eigenvalue weighted by Gasteiger charge is -2.06. The Kier molecular flexibility index (Phi) is 2.72. The van der Waals surface area contributed by atoms with Gasteiger partial charge in [-0.25, -0.2) is 4.79 Å². The van der Waals surface area contributed by atoms with Crippen LogP contribution in [0.15, 0.2) is 18.3 Å². The second-order valence-corrected chi connectivity index (χ2v) is 4.59. The van der Waals surface area contributed by atoms with E-state index in [-0.39, 0.29) is 5.56 Å². The molecule has 1 unspecified atom stereocenters. The molecule has 74 valence electrons. The van der Waals surface area contributed by atoms with Crippen molar-refractivity contribution in [1.29, 1.82) is 0 Å². The van der Waals surface area contributed by atoms with E-state index in [1.165, 1.54) is 18.4 Å². The number of pyridine rings is 1. The lowest BCUT2D eigenvalue weighted by atomic mass is 10.1. The molecular formula is C10H11NO2S. The van der Waals surface area contributed by atoms with E-state index in [1.54, 1.807) is 6.07 Å². The molecule has 0 aliphatic carbocycles. The Morgan fingerprint density at radius 3 is 2.93 bits per heavy atom. The van der Waals surface area contributed by atoms with Crippen LogP contribution in [0.3, 0.4) is 0 Å². The predicted molar refractivity (Wildman–Crippen MR) is 55.6 cm³/mol. The Bertz CT molecular complexity index is 330. The van der Waals surface area contributed by atoms with Crippen LogP contribution in [0.4, 0.5) is 0 Å². The first-order valence-electron chi connectivity index (χ1n) is 4.58. The zero-order valence-electron chi connectivity index (χ0n) is 7.64. The van der Waals surface area contributed by atoms with Crippen LogP contribution in [-0.2, 0) is 0 Å². The molecular weight excluding hydrogens is 198 g/mol. The van der Waals surface area contributed by atoms with Gasteiger partial charge in [-0.05, 0) is 30.7 Å². The summed E-state index contributed by atoms with van der Waals surface area (Å²) in [6, 6.07) is 3.45. The number of thioether (sulfide) groups is 1. The second kappa shape index (κ2) is 4.00. The van der Waals surface area contributed by atoms with Crippen LogP contribution < -0.4 is 0 Å². The first-order chi connectivity index (χ1) is 6.77. The Hall–Kier alpha value is -1.03. The Balaban J connectivity index is 2.16. The van der Waals surface area contributed by atoms with E-state index in [2.05, 4.69) is 4.98 Å². The van der Waals surface area contributed by atoms with Gasteiger partial charge in [0.1, 0.15) is 0 Å². The van der Waals surface area contributed by atoms with Gasteiger partial charge < -0.3 is 5.11 Å². The predicted octanol–water partition coefficient (Wildman–Crippen LogP) is 2.35. The Morgan fingerprint density at radius 2 is 2.43 bits per heavy atom. The summed E-state index contributed by atoms with van der Waals surface area (Å²) in [4.78, 5) is 14.8. The smallest absolute Gasteiger partial charge is 0.337 e. The van der Waals surface area contributed by atoms with Crippen molar-refractivity contribution >= 4 is 17.7 Å². The number of hydrogen-bond acceptors (Lipinski definition) is 3. The van der Waals surface area contributed by atoms with Gasteiger partial charge in [0.05, 0.1) is 11.3 Å². The van der Waals surface area contributed by atoms with E-state index in [4.69, 9.17) is 5.11 Å². The maximum Gasteiger partial charge on any atom is 0.337 e. The number of nitrogens with zero attached hydrogens (tertiary/aromatic N) is 1. The first-order valence-corrected chi connectivity index (χ1v) is 5.63. The van der Waals surface area contributed by atoms with E-state index < -0.39 is 5.97 Å². The van der Waals surface area contributed by atoms with Crippen molar-refractivity contribution < 1.29 is 9.90 Å². The molecule has 1 atom stereocenters. The molecule has 3 nitrogen and oxygen atoms in total. The topological polar surface area (TPSA) is 50.2 Å². The zero-order valence-corrected chi connectivity index (χ0v) is 8.46. The second-order valence-electron chi connectivity index (χ2n) is 3.28. The van der Waals surface area contributed by atoms with E-state index >= 15 is 0 Å². The fourth-order valence-electron chi connectivity index (χ4n) is 1.53. The summed E-state index contributed by atoms with van der Waals surface area (Å²) < 4.78 is 0. The monoisotopic (exact) mass is 209 g/mol. The maximum atomic E-state index is 10.6. The molecule has 4 heteroatoms. The number of aromatic nitrogens is 1. The summed E-state index contributed by atoms with van der Waals surface area (Å²) in [6.45, 7) is 0. The lowest BCUT2D eigenvalue weighted by molar-refractivity contribution is 0.0696. The molecule has 0 amide bonds. The molecule has 0 spiro atoms. The molecule has 14 heavy (non-hydrogen) atoms. The quantitative estimate of drug-likeness (QED) is 0.812. The molecule has 1 fully saturated rings. The number of carboxylic acid groups (broad SMARTS) is 1. The third-order valence-electron chi connectivity index (χ3n) is 2.29. The van der Waals surface area contributed by atoms with Gasteiger partial charge in [0.15, 0.2) is 0 Å². The van der Waals surface area contributed by atoms with E-state index in [9.17, 15) is 4.79 Å². The summed E-state index contributed by atoms with van der Waals surface area (Å²) in [7, 11) is 0. The molecule has 1 N–H and O–H groups in total. The van der Waals surface area contributed by atoms with Crippen LogP contribution in [0.5, 0.6) is 0 Å². The molecule has 1 aromatic rings. The van der Waals surface area contributed by atoms with Crippen LogP contribution in [0.25, 0.3) is 0 Å². The number of carboxylic acids is 1. The van der Waals surface area contributed by atoms with Crippen molar-refractivity contribution in [3.8, 4) is 0 Å². The SMILES string of the molecule is O=C(O)c1ccc(C2CCCS2)nc1. The van der Waals surface area contributed by atoms with Crippen molar-refractivity contribution in [3.05, 3.63) is 29.6 Å². The average Bonchev–Trinajstić information content (AvgIpc) is 2.71. The minimum atomic E-state index is -0.914. The van der Waals surface area contributed by atoms with Crippen LogP contribution in [0.1, 0.15) is 34.1 Å². The minimum absolute atomic E-state index is 0.261. The summed E-state index contributed by atoms with van der Waals surface area (Å²) in [5.74, 6) is 0.274. The van der Waals surface area contributed by atoms with E-state index in [0.29, 0.717) is 5.25 Å². The summed E-state index contributed by atoms with van der Waals surface area (Å²) in [5, 5.41) is 9.17. The van der Waals surface area contributed by atoms with Crippen molar-refractivity contribution in [2.45, 2.75) is 18.1 Å². The number of rotatable bonds is 2. The molecule has 1 aromatic heterocycles. The van der Waals surface area contributed by atoms with Gasteiger partial charge in [-0.1, -0.05) is 0 Å². The molecule has 0 saturated carbocycles. The highest BCUT2D eigenvalue weighted by atomic mass is 32.2. The van der Waals surface area contributed by atoms with Gasteiger partial charge in [0.2, 0.25) is 0 Å². The summed E-state index contributed by atoms with van der Waals surface area (Å²) in [6.07, 6.45) is 3.83. The first kappa shape index (κ1) is 9.52. The molecule has 2 heterocycles. The molecule has 1 aliphatic rings. The van der Waals surface area contributed by atoms with Crippen LogP contribution in [0, 0.1) is 0 Å². The number of carbonyl (C=O) groups is 1. The highest BCUT2D eigenvalue weighted by Crippen LogP contribution is 2.38. The molecule has 1 aliphatic heterocycles. The minimum Gasteiger partial charge on any atom is -0.478 e. The number of hydrogen-bond donors (Lipinski definition) is 1. The van der Waals surface area contributed by atoms with E-state index in [0.717, 1.165) is 12.1 Å². The molecule has 2 rings (SSSR count). The molecule has 0 aromatic carbocycles. The summed E-state index contributed by atoms with van der Waals surface area (Å²) >= 11 is 1.90. The van der Waals surface area contributed by atoms with Crippen LogP contribution >= 0.6 is 11.8 Å². The largest absolute Gasteiger partial charge is 0.478 e. The van der Waals surface area contributed by atoms with Gasteiger partial charge in [-0.2, -0.15) is 11.8 Å². The fourth-order valence-corrected chi connectivity index (χ4v) is 2.79. The summed E-state index contributed by atoms with van der Waals surface area (Å²) in [5.41, 5.74) is 1.27. The van der Waals surface area contributed by atoms with Crippen molar-refractivity contribution in [1.82, 2.24) is 4.98 Å². The van der Waals surface area contributed by atoms with Crippen molar-refractivity contribution in [2.75, 3.05) is 5.75 Å². The Labute approximate surface area is 86.5 Å². The van der Waals surface area contributed by atoms with Gasteiger partial charge in [-0.15, -0.1) is 0 Å². The van der Waals surface area contributed by atoms with Crippen molar-refractivity contribution in [3.63, 3.8) is 0 Å². The van der Waals surface area contributed by atoms with Crippen molar-refractivity contribution in [2.24, 2.45) is 0 Å². The third-order valence-corrected chi connectivity index (χ3v) is 3.70. The van der Waals surface area contributed by atoms with Gasteiger partial charge in [-0.3, -0.25) is 4.98 Å². The average molecular weight is 209 g/mol. The lowest BCUT2D eigenvalue weighted by Crippen LogP contribution is -1.99. The van der Waals surface area contributed by atoms with Gasteiger partial charge in [0.25, 0.3) is 0 Å². The standard InChI is InChI=1S/C10H11NO2S/c12-10(13)7-3-4-8(11-6-7)9-2-1-5-14-9/h3-4,6,9H,1-2,5H2,(H,12,13). The Morgan fingerprint density at radius 1 is 1.57 bits per heavy atom. The number of aromatic carboxylic acids is 1. The highest BCUT2D eigenvalue weighted by molar-refractivity contribution is 7.99. The van der Waals surface area contributed by atoms with Gasteiger partial charge in [0, 0.05) is 11.4 Å². The molecule has 0 bridgehead atoms. The van der Waals surface area contributed by atoms with Crippen LogP contribution in [0.2, 0.25) is 0 Å². The van der Waals surface area contributed by atoms with Gasteiger partial charge >= 0.3 is 5.97 Å². The zero-order chi connectivity index (χ0) is 9.97. The maximum absolute atomic E-state index is 10.6. The fraction of sp³-hybridized carbons (Fsp3) is 0.400. The molecule has 1 saturated heterocycles. The van der Waals surface area contributed by atoms with E-state index in [1.807, 2.05) is 17.8 Å². The third kappa shape index (κ3) is 1.90. The highest BCUT2D eigenvalue weighted by Gasteiger charge is 2.18. The normalized spacial score (nSPS) is 21.0. The van der Waals surface area contributed by atoms with Crippen LogP contribution in [-0.4, -0.2) is 21.8 Å².